The number of nitrogens with zero attached hydrogens (tertiary/aromatic N) is 2. The van der Waals surface area contributed by atoms with Crippen molar-refractivity contribution < 1.29 is 14.3 Å². The summed E-state index contributed by atoms with van der Waals surface area (Å²) in [4.78, 5) is 42.9. The second kappa shape index (κ2) is 9.33. The van der Waals surface area contributed by atoms with Gasteiger partial charge < -0.3 is 10.1 Å². The first-order valence-electron chi connectivity index (χ1n) is 9.76. The van der Waals surface area contributed by atoms with Crippen molar-refractivity contribution >= 4 is 50.7 Å². The SMILES string of the molecule is CCOC(=O)c1ccccc1NC(=O)Cn1cnc2scc(-c3ccc(Cl)cc3)c2c1=O. The molecule has 0 fully saturated rings. The maximum absolute atomic E-state index is 13.1. The smallest absolute Gasteiger partial charge is 0.340 e. The van der Waals surface area contributed by atoms with Crippen LogP contribution in [0.5, 0.6) is 0 Å². The Morgan fingerprint density at radius 2 is 1.91 bits per heavy atom. The number of ether oxygens (including phenoxy) is 1. The molecule has 7 nitrogen and oxygen atoms in total. The van der Waals surface area contributed by atoms with Gasteiger partial charge in [0.05, 0.1) is 29.6 Å². The van der Waals surface area contributed by atoms with Crippen molar-refractivity contribution in [2.75, 3.05) is 11.9 Å². The van der Waals surface area contributed by atoms with Gasteiger partial charge in [0.15, 0.2) is 0 Å². The first-order valence-corrected chi connectivity index (χ1v) is 11.0. The number of halogens is 1. The normalized spacial score (nSPS) is 10.8. The van der Waals surface area contributed by atoms with Crippen LogP contribution >= 0.6 is 22.9 Å². The van der Waals surface area contributed by atoms with Gasteiger partial charge in [-0.3, -0.25) is 14.2 Å². The van der Waals surface area contributed by atoms with E-state index in [-0.39, 0.29) is 24.3 Å². The lowest BCUT2D eigenvalue weighted by molar-refractivity contribution is -0.116. The quantitative estimate of drug-likeness (QED) is 0.419. The second-order valence-corrected chi connectivity index (χ2v) is 8.12. The molecule has 0 spiro atoms. The lowest BCUT2D eigenvalue weighted by atomic mass is 10.1. The van der Waals surface area contributed by atoms with Crippen molar-refractivity contribution in [3.05, 3.63) is 81.2 Å². The van der Waals surface area contributed by atoms with Gasteiger partial charge in [-0.05, 0) is 36.8 Å². The highest BCUT2D eigenvalue weighted by molar-refractivity contribution is 7.17. The number of nitrogens with one attached hydrogen (secondary N) is 1. The third-order valence-electron chi connectivity index (χ3n) is 4.73. The van der Waals surface area contributed by atoms with Gasteiger partial charge in [0.25, 0.3) is 5.56 Å². The summed E-state index contributed by atoms with van der Waals surface area (Å²) in [6, 6.07) is 13.7. The van der Waals surface area contributed by atoms with Crippen molar-refractivity contribution in [3.8, 4) is 11.1 Å². The topological polar surface area (TPSA) is 90.3 Å². The molecule has 9 heteroatoms. The molecule has 2 aromatic carbocycles. The first kappa shape index (κ1) is 21.7. The molecule has 162 valence electrons. The minimum Gasteiger partial charge on any atom is -0.462 e. The zero-order valence-electron chi connectivity index (χ0n) is 17.0. The summed E-state index contributed by atoms with van der Waals surface area (Å²) in [5, 5.41) is 5.59. The predicted molar refractivity (Wildman–Crippen MR) is 125 cm³/mol. The van der Waals surface area contributed by atoms with Crippen molar-refractivity contribution in [2.45, 2.75) is 13.5 Å². The van der Waals surface area contributed by atoms with Gasteiger partial charge in [-0.25, -0.2) is 9.78 Å². The van der Waals surface area contributed by atoms with Gasteiger partial charge >= 0.3 is 5.97 Å². The molecule has 0 unspecified atom stereocenters. The van der Waals surface area contributed by atoms with Crippen LogP contribution in [0.15, 0.2) is 65.0 Å². The number of para-hydroxylation sites is 1. The lowest BCUT2D eigenvalue weighted by Gasteiger charge is -2.11. The van der Waals surface area contributed by atoms with E-state index in [1.165, 1.54) is 22.2 Å². The van der Waals surface area contributed by atoms with E-state index in [0.717, 1.165) is 11.1 Å². The number of aromatic nitrogens is 2. The standard InChI is InChI=1S/C23H18ClN3O4S/c1-2-31-23(30)16-5-3-4-6-18(16)26-19(28)11-27-13-25-21-20(22(27)29)17(12-32-21)14-7-9-15(24)10-8-14/h3-10,12-13H,2,11H2,1H3,(H,26,28). The number of thiophene rings is 1. The minimum atomic E-state index is -0.533. The maximum atomic E-state index is 13.1. The zero-order chi connectivity index (χ0) is 22.7. The minimum absolute atomic E-state index is 0.221. The summed E-state index contributed by atoms with van der Waals surface area (Å²) < 4.78 is 6.27. The maximum Gasteiger partial charge on any atom is 0.340 e. The molecule has 0 aliphatic carbocycles. The largest absolute Gasteiger partial charge is 0.462 e. The zero-order valence-corrected chi connectivity index (χ0v) is 18.6. The molecule has 0 saturated carbocycles. The summed E-state index contributed by atoms with van der Waals surface area (Å²) in [5.74, 6) is -0.997. The molecule has 32 heavy (non-hydrogen) atoms. The highest BCUT2D eigenvalue weighted by Crippen LogP contribution is 2.31. The molecule has 0 bridgehead atoms. The number of carbonyl (C=O) groups is 2. The third-order valence-corrected chi connectivity index (χ3v) is 5.86. The molecule has 0 atom stereocenters. The fourth-order valence-electron chi connectivity index (χ4n) is 3.25. The van der Waals surface area contributed by atoms with E-state index in [9.17, 15) is 14.4 Å². The van der Waals surface area contributed by atoms with Gasteiger partial charge in [-0.15, -0.1) is 11.3 Å². The van der Waals surface area contributed by atoms with Crippen LogP contribution in [-0.2, 0) is 16.1 Å². The fraction of sp³-hybridized carbons (Fsp3) is 0.130. The number of fused-ring (bicyclic) bond motifs is 1. The van der Waals surface area contributed by atoms with Crippen molar-refractivity contribution in [1.82, 2.24) is 9.55 Å². The molecule has 1 N–H and O–H groups in total. The Morgan fingerprint density at radius 1 is 1.16 bits per heavy atom. The highest BCUT2D eigenvalue weighted by Gasteiger charge is 2.17. The molecule has 0 saturated heterocycles. The van der Waals surface area contributed by atoms with Crippen molar-refractivity contribution in [3.63, 3.8) is 0 Å². The van der Waals surface area contributed by atoms with E-state index in [0.29, 0.717) is 20.9 Å². The summed E-state index contributed by atoms with van der Waals surface area (Å²) in [5.41, 5.74) is 1.81. The molecule has 0 radical (unpaired) electrons. The Bertz CT molecular complexity index is 1360. The van der Waals surface area contributed by atoms with Gasteiger partial charge in [0.1, 0.15) is 11.4 Å². The summed E-state index contributed by atoms with van der Waals surface area (Å²) in [7, 11) is 0. The van der Waals surface area contributed by atoms with Gasteiger partial charge in [0, 0.05) is 16.0 Å². The highest BCUT2D eigenvalue weighted by atomic mass is 35.5. The van der Waals surface area contributed by atoms with Crippen LogP contribution in [-0.4, -0.2) is 28.0 Å². The Kier molecular flexibility index (Phi) is 6.34. The number of hydrogen-bond acceptors (Lipinski definition) is 6. The second-order valence-electron chi connectivity index (χ2n) is 6.83. The predicted octanol–water partition coefficient (Wildman–Crippen LogP) is 4.59. The van der Waals surface area contributed by atoms with E-state index in [4.69, 9.17) is 16.3 Å². The van der Waals surface area contributed by atoms with Gasteiger partial charge in [-0.1, -0.05) is 35.9 Å². The Balaban J connectivity index is 1.62. The number of rotatable bonds is 6. The molecule has 4 aromatic rings. The van der Waals surface area contributed by atoms with Crippen LogP contribution in [0.2, 0.25) is 5.02 Å². The molecule has 0 aliphatic heterocycles. The molecule has 4 rings (SSSR count). The van der Waals surface area contributed by atoms with E-state index in [2.05, 4.69) is 10.3 Å². The summed E-state index contributed by atoms with van der Waals surface area (Å²) >= 11 is 7.33. The molecule has 2 aromatic heterocycles. The van der Waals surface area contributed by atoms with E-state index in [1.54, 1.807) is 43.3 Å². The average Bonchev–Trinajstić information content (AvgIpc) is 3.22. The number of esters is 1. The first-order chi connectivity index (χ1) is 15.5. The fourth-order valence-corrected chi connectivity index (χ4v) is 4.28. The van der Waals surface area contributed by atoms with Gasteiger partial charge in [0.2, 0.25) is 5.91 Å². The summed E-state index contributed by atoms with van der Waals surface area (Å²) in [6.45, 7) is 1.67. The van der Waals surface area contributed by atoms with Crippen LogP contribution in [0.3, 0.4) is 0 Å². The van der Waals surface area contributed by atoms with E-state index >= 15 is 0 Å². The number of anilines is 1. The lowest BCUT2D eigenvalue weighted by Crippen LogP contribution is -2.28. The van der Waals surface area contributed by atoms with Crippen LogP contribution < -0.4 is 10.9 Å². The molecular formula is C23H18ClN3O4S. The Hall–Kier alpha value is -3.49. The number of hydrogen-bond donors (Lipinski definition) is 1. The van der Waals surface area contributed by atoms with Crippen LogP contribution in [0, 0.1) is 0 Å². The number of amides is 1. The molecule has 2 heterocycles. The number of benzene rings is 2. The monoisotopic (exact) mass is 467 g/mol. The van der Waals surface area contributed by atoms with Gasteiger partial charge in [-0.2, -0.15) is 0 Å². The molecular weight excluding hydrogens is 450 g/mol. The van der Waals surface area contributed by atoms with Crippen molar-refractivity contribution in [2.24, 2.45) is 0 Å². The Labute approximate surface area is 192 Å². The van der Waals surface area contributed by atoms with Crippen molar-refractivity contribution in [1.29, 1.82) is 0 Å². The summed E-state index contributed by atoms with van der Waals surface area (Å²) in [6.07, 6.45) is 1.35. The molecule has 1 amide bonds. The van der Waals surface area contributed by atoms with E-state index < -0.39 is 11.9 Å². The van der Waals surface area contributed by atoms with Crippen LogP contribution in [0.1, 0.15) is 17.3 Å². The average molecular weight is 468 g/mol. The van der Waals surface area contributed by atoms with Crippen LogP contribution in [0.4, 0.5) is 5.69 Å². The molecule has 0 aliphatic rings. The number of carbonyl (C=O) groups excluding carboxylic acids is 2. The Morgan fingerprint density at radius 3 is 2.66 bits per heavy atom. The van der Waals surface area contributed by atoms with Crippen LogP contribution in [0.25, 0.3) is 21.3 Å². The van der Waals surface area contributed by atoms with E-state index in [1.807, 2.05) is 17.5 Å². The third kappa shape index (κ3) is 4.42.